The molecule has 1 N–H and O–H groups in total. The molecule has 0 bridgehead atoms. The van der Waals surface area contributed by atoms with E-state index in [0.29, 0.717) is 29.9 Å². The van der Waals surface area contributed by atoms with Crippen LogP contribution >= 0.6 is 0 Å². The van der Waals surface area contributed by atoms with Crippen LogP contribution in [0.2, 0.25) is 0 Å². The Kier molecular flexibility index (Phi) is 5.21. The second kappa shape index (κ2) is 7.67. The van der Waals surface area contributed by atoms with Crippen LogP contribution in [0.25, 0.3) is 11.3 Å². The molecule has 0 saturated heterocycles. The highest BCUT2D eigenvalue weighted by Crippen LogP contribution is 2.67. The van der Waals surface area contributed by atoms with Crippen LogP contribution in [0.15, 0.2) is 39.8 Å². The average molecular weight is 468 g/mol. The van der Waals surface area contributed by atoms with Gasteiger partial charge >= 0.3 is 11.6 Å². The third kappa shape index (κ3) is 3.16. The molecule has 5 rings (SSSR count). The molecule has 7 heteroatoms. The molecule has 0 radical (unpaired) electrons. The van der Waals surface area contributed by atoms with Gasteiger partial charge in [-0.3, -0.25) is 9.78 Å². The third-order valence-corrected chi connectivity index (χ3v) is 9.20. The number of rotatable bonds is 2. The molecule has 2 saturated carbocycles. The fraction of sp³-hybridized carbons (Fsp3) is 0.593. The van der Waals surface area contributed by atoms with E-state index in [9.17, 15) is 14.7 Å². The van der Waals surface area contributed by atoms with E-state index in [0.717, 1.165) is 12.8 Å². The first-order chi connectivity index (χ1) is 16.0. The van der Waals surface area contributed by atoms with Crippen LogP contribution in [0.5, 0.6) is 5.75 Å². The highest BCUT2D eigenvalue weighted by Gasteiger charge is 2.66. The number of ether oxygens (including phenoxy) is 2. The monoisotopic (exact) mass is 467 g/mol. The van der Waals surface area contributed by atoms with Crippen LogP contribution in [0.1, 0.15) is 65.0 Å². The second-order valence-corrected chi connectivity index (χ2v) is 11.3. The minimum Gasteiger partial charge on any atom is -0.486 e. The van der Waals surface area contributed by atoms with Crippen LogP contribution in [0.4, 0.5) is 0 Å². The number of esters is 1. The summed E-state index contributed by atoms with van der Waals surface area (Å²) < 4.78 is 17.3. The van der Waals surface area contributed by atoms with Gasteiger partial charge in [-0.2, -0.15) is 0 Å². The van der Waals surface area contributed by atoms with E-state index >= 15 is 0 Å². The SMILES string of the molecule is COC(=O)C1CCC2(C)C3C(O)c4c(cc(-c5cccnc5)oc4=O)OC3(C)CCC2C1(C)C. The topological polar surface area (TPSA) is 98.9 Å². The molecule has 0 spiro atoms. The predicted molar refractivity (Wildman–Crippen MR) is 125 cm³/mol. The third-order valence-electron chi connectivity index (χ3n) is 9.20. The van der Waals surface area contributed by atoms with Gasteiger partial charge in [0.2, 0.25) is 0 Å². The zero-order chi connectivity index (χ0) is 24.5. The maximum Gasteiger partial charge on any atom is 0.345 e. The number of nitrogens with zero attached hydrogens (tertiary/aromatic N) is 1. The number of aromatic nitrogens is 1. The van der Waals surface area contributed by atoms with Gasteiger partial charge in [-0.05, 0) is 61.5 Å². The maximum absolute atomic E-state index is 13.1. The zero-order valence-corrected chi connectivity index (χ0v) is 20.5. The summed E-state index contributed by atoms with van der Waals surface area (Å²) >= 11 is 0. The van der Waals surface area contributed by atoms with Crippen molar-refractivity contribution in [1.82, 2.24) is 4.98 Å². The Balaban J connectivity index is 1.58. The summed E-state index contributed by atoms with van der Waals surface area (Å²) in [7, 11) is 1.44. The van der Waals surface area contributed by atoms with Crippen molar-refractivity contribution >= 4 is 5.97 Å². The van der Waals surface area contributed by atoms with Gasteiger partial charge in [0.05, 0.1) is 19.1 Å². The van der Waals surface area contributed by atoms with Gasteiger partial charge in [-0.15, -0.1) is 0 Å². The van der Waals surface area contributed by atoms with Crippen molar-refractivity contribution in [3.05, 3.63) is 46.6 Å². The molecule has 7 nitrogen and oxygen atoms in total. The smallest absolute Gasteiger partial charge is 0.345 e. The van der Waals surface area contributed by atoms with Crippen LogP contribution in [0, 0.1) is 28.6 Å². The lowest BCUT2D eigenvalue weighted by Crippen LogP contribution is -2.64. The minimum absolute atomic E-state index is 0.164. The first-order valence-corrected chi connectivity index (χ1v) is 12.1. The van der Waals surface area contributed by atoms with Crippen molar-refractivity contribution < 1.29 is 23.8 Å². The quantitative estimate of drug-likeness (QED) is 0.648. The van der Waals surface area contributed by atoms with Crippen LogP contribution < -0.4 is 10.4 Å². The number of hydrogen-bond donors (Lipinski definition) is 1. The number of methoxy groups -OCH3 is 1. The van der Waals surface area contributed by atoms with Crippen LogP contribution in [-0.4, -0.2) is 28.8 Å². The van der Waals surface area contributed by atoms with Crippen LogP contribution in [0.3, 0.4) is 0 Å². The summed E-state index contributed by atoms with van der Waals surface area (Å²) in [6.45, 7) is 8.51. The Hall–Kier alpha value is -2.67. The van der Waals surface area contributed by atoms with Crippen molar-refractivity contribution in [2.24, 2.45) is 28.6 Å². The molecular formula is C27H33NO6. The van der Waals surface area contributed by atoms with Gasteiger partial charge in [-0.25, -0.2) is 4.79 Å². The lowest BCUT2D eigenvalue weighted by Gasteiger charge is -2.65. The zero-order valence-electron chi connectivity index (χ0n) is 20.5. The Labute approximate surface area is 199 Å². The van der Waals surface area contributed by atoms with Crippen molar-refractivity contribution in [1.29, 1.82) is 0 Å². The lowest BCUT2D eigenvalue weighted by molar-refractivity contribution is -0.216. The van der Waals surface area contributed by atoms with Gasteiger partial charge in [0.25, 0.3) is 0 Å². The van der Waals surface area contributed by atoms with E-state index in [1.54, 1.807) is 24.5 Å². The van der Waals surface area contributed by atoms with Crippen LogP contribution in [-0.2, 0) is 9.53 Å². The van der Waals surface area contributed by atoms with E-state index in [2.05, 4.69) is 25.8 Å². The number of aliphatic hydroxyl groups is 1. The molecular weight excluding hydrogens is 434 g/mol. The van der Waals surface area contributed by atoms with Gasteiger partial charge < -0.3 is 19.0 Å². The fourth-order valence-corrected chi connectivity index (χ4v) is 7.73. The first kappa shape index (κ1) is 23.1. The Morgan fingerprint density at radius 2 is 1.97 bits per heavy atom. The number of pyridine rings is 1. The average Bonchev–Trinajstić information content (AvgIpc) is 2.77. The molecule has 1 aliphatic heterocycles. The summed E-state index contributed by atoms with van der Waals surface area (Å²) in [5.74, 6) is 0.237. The lowest BCUT2D eigenvalue weighted by atomic mass is 9.42. The summed E-state index contributed by atoms with van der Waals surface area (Å²) in [5.41, 5.74) is -1.01. The van der Waals surface area contributed by atoms with E-state index < -0.39 is 17.3 Å². The van der Waals surface area contributed by atoms with E-state index in [1.165, 1.54) is 7.11 Å². The molecule has 0 amide bonds. The molecule has 2 fully saturated rings. The largest absolute Gasteiger partial charge is 0.486 e. The number of carbonyl (C=O) groups is 1. The molecule has 6 atom stereocenters. The highest BCUT2D eigenvalue weighted by molar-refractivity contribution is 5.73. The molecule has 6 unspecified atom stereocenters. The summed E-state index contributed by atoms with van der Waals surface area (Å²) in [4.78, 5) is 29.8. The molecule has 3 heterocycles. The fourth-order valence-electron chi connectivity index (χ4n) is 7.73. The summed E-state index contributed by atoms with van der Waals surface area (Å²) in [5, 5.41) is 11.7. The Bertz CT molecular complexity index is 1170. The molecule has 2 aromatic heterocycles. The van der Waals surface area contributed by atoms with Crippen molar-refractivity contribution in [3.63, 3.8) is 0 Å². The number of aliphatic hydroxyl groups excluding tert-OH is 1. The van der Waals surface area contributed by atoms with Gasteiger partial charge in [0.15, 0.2) is 0 Å². The predicted octanol–water partition coefficient (Wildman–Crippen LogP) is 4.53. The Morgan fingerprint density at radius 1 is 1.21 bits per heavy atom. The van der Waals surface area contributed by atoms with Crippen molar-refractivity contribution in [2.75, 3.05) is 7.11 Å². The van der Waals surface area contributed by atoms with Crippen molar-refractivity contribution in [3.8, 4) is 17.1 Å². The molecule has 34 heavy (non-hydrogen) atoms. The van der Waals surface area contributed by atoms with E-state index in [4.69, 9.17) is 13.9 Å². The Morgan fingerprint density at radius 3 is 2.65 bits per heavy atom. The first-order valence-electron chi connectivity index (χ1n) is 12.1. The maximum atomic E-state index is 13.1. The normalized spacial score (nSPS) is 35.8. The second-order valence-electron chi connectivity index (χ2n) is 11.3. The number of fused-ring (bicyclic) bond motifs is 4. The number of carbonyl (C=O) groups excluding carboxylic acids is 1. The van der Waals surface area contributed by atoms with Crippen molar-refractivity contribution in [2.45, 2.75) is 65.1 Å². The van der Waals surface area contributed by atoms with E-state index in [1.807, 2.05) is 13.0 Å². The molecule has 0 aromatic carbocycles. The standard InChI is InChI=1S/C27H33NO6/c1-25(2)16(23(30)32-5)8-10-26(3)19(25)9-11-27(4)22(26)21(29)20-18(34-27)13-17(33-24(20)31)15-7-6-12-28-14-15/h6-7,12-14,16,19,21-22,29H,8-11H2,1-5H3. The van der Waals surface area contributed by atoms with Gasteiger partial charge in [0, 0.05) is 29.9 Å². The number of hydrogen-bond acceptors (Lipinski definition) is 7. The van der Waals surface area contributed by atoms with E-state index in [-0.39, 0.29) is 40.1 Å². The molecule has 2 aliphatic carbocycles. The van der Waals surface area contributed by atoms with Gasteiger partial charge in [0.1, 0.15) is 22.7 Å². The molecule has 2 aromatic rings. The minimum atomic E-state index is -1.02. The molecule has 182 valence electrons. The highest BCUT2D eigenvalue weighted by atomic mass is 16.5. The van der Waals surface area contributed by atoms with Gasteiger partial charge in [-0.1, -0.05) is 20.8 Å². The summed E-state index contributed by atoms with van der Waals surface area (Å²) in [6.07, 6.45) is 5.26. The molecule has 3 aliphatic rings. The summed E-state index contributed by atoms with van der Waals surface area (Å²) in [6, 6.07) is 5.29.